The number of aromatic nitrogens is 6. The predicted octanol–water partition coefficient (Wildman–Crippen LogP) is 4.89. The van der Waals surface area contributed by atoms with Gasteiger partial charge < -0.3 is 10.2 Å². The van der Waals surface area contributed by atoms with Crippen molar-refractivity contribution in [2.75, 3.05) is 23.3 Å². The van der Waals surface area contributed by atoms with Crippen LogP contribution < -0.4 is 10.2 Å². The quantitative estimate of drug-likeness (QED) is 0.448. The summed E-state index contributed by atoms with van der Waals surface area (Å²) in [6.07, 6.45) is 3.01. The van der Waals surface area contributed by atoms with Crippen molar-refractivity contribution in [3.8, 4) is 11.4 Å². The molecule has 0 saturated carbocycles. The number of alkyl halides is 3. The highest BCUT2D eigenvalue weighted by molar-refractivity contribution is 6.32. The number of fused-ring (bicyclic) bond motifs is 1. The van der Waals surface area contributed by atoms with Crippen LogP contribution in [0.1, 0.15) is 18.4 Å². The Morgan fingerprint density at radius 1 is 0.970 bits per heavy atom. The lowest BCUT2D eigenvalue weighted by atomic mass is 10.2. The van der Waals surface area contributed by atoms with E-state index in [4.69, 9.17) is 11.6 Å². The van der Waals surface area contributed by atoms with E-state index < -0.39 is 11.7 Å². The van der Waals surface area contributed by atoms with Crippen LogP contribution in [-0.2, 0) is 6.18 Å². The number of hydrogen-bond acceptors (Lipinski definition) is 8. The molecule has 5 rings (SSSR count). The van der Waals surface area contributed by atoms with Crippen LogP contribution in [-0.4, -0.2) is 43.0 Å². The van der Waals surface area contributed by atoms with E-state index in [1.807, 2.05) is 0 Å². The molecule has 1 N–H and O–H groups in total. The van der Waals surface area contributed by atoms with Crippen molar-refractivity contribution < 1.29 is 13.2 Å². The summed E-state index contributed by atoms with van der Waals surface area (Å²) in [4.78, 5) is 27.1. The molecule has 5 heterocycles. The highest BCUT2D eigenvalue weighted by Gasteiger charge is 2.36. The maximum atomic E-state index is 13.5. The van der Waals surface area contributed by atoms with Crippen molar-refractivity contribution in [2.24, 2.45) is 0 Å². The lowest BCUT2D eigenvalue weighted by molar-refractivity contribution is -0.137. The smallest absolute Gasteiger partial charge is 0.356 e. The maximum Gasteiger partial charge on any atom is 0.419 e. The number of rotatable bonds is 4. The Hall–Kier alpha value is -3.60. The van der Waals surface area contributed by atoms with Crippen LogP contribution in [0, 0.1) is 0 Å². The van der Waals surface area contributed by atoms with Crippen LogP contribution in [0.4, 0.5) is 30.5 Å². The molecule has 1 aliphatic rings. The molecule has 0 aliphatic carbocycles. The minimum Gasteiger partial charge on any atom is -0.356 e. The van der Waals surface area contributed by atoms with Gasteiger partial charge in [-0.05, 0) is 31.0 Å². The van der Waals surface area contributed by atoms with Gasteiger partial charge in [-0.15, -0.1) is 0 Å². The molecule has 0 radical (unpaired) electrons. The third-order valence-corrected chi connectivity index (χ3v) is 5.48. The van der Waals surface area contributed by atoms with E-state index >= 15 is 0 Å². The molecule has 1 fully saturated rings. The zero-order chi connectivity index (χ0) is 23.0. The van der Waals surface area contributed by atoms with Crippen molar-refractivity contribution >= 4 is 40.1 Å². The summed E-state index contributed by atoms with van der Waals surface area (Å²) >= 11 is 6.14. The fraction of sp³-hybridized carbons (Fsp3) is 0.238. The molecule has 0 amide bonds. The largest absolute Gasteiger partial charge is 0.419 e. The molecule has 12 heteroatoms. The standard InChI is InChI=1S/C21H16ClF3N8/c22-13-9-26-11-29-17(13)15-10-28-18-14(5-6-27-19(18)31-15)30-16-4-3-12(21(23,24)25)20(32-16)33-7-1-2-8-33/h3-6,9-11H,1-2,7-8H2,(H,27,30,31,32). The normalized spacial score (nSPS) is 14.1. The highest BCUT2D eigenvalue weighted by atomic mass is 35.5. The monoisotopic (exact) mass is 472 g/mol. The van der Waals surface area contributed by atoms with E-state index in [2.05, 4.69) is 35.2 Å². The Bertz CT molecular complexity index is 1320. The molecule has 0 unspecified atom stereocenters. The average molecular weight is 473 g/mol. The van der Waals surface area contributed by atoms with Gasteiger partial charge in [0.05, 0.1) is 22.5 Å². The zero-order valence-corrected chi connectivity index (χ0v) is 17.8. The summed E-state index contributed by atoms with van der Waals surface area (Å²) in [7, 11) is 0. The third kappa shape index (κ3) is 4.23. The lowest BCUT2D eigenvalue weighted by Gasteiger charge is -2.22. The van der Waals surface area contributed by atoms with Gasteiger partial charge in [0, 0.05) is 25.5 Å². The molecule has 1 aliphatic heterocycles. The number of pyridine rings is 2. The van der Waals surface area contributed by atoms with Gasteiger partial charge in [-0.1, -0.05) is 11.6 Å². The Morgan fingerprint density at radius 2 is 1.79 bits per heavy atom. The van der Waals surface area contributed by atoms with Crippen molar-refractivity contribution in [1.29, 1.82) is 0 Å². The molecule has 0 aromatic carbocycles. The predicted molar refractivity (Wildman–Crippen MR) is 117 cm³/mol. The molecule has 33 heavy (non-hydrogen) atoms. The summed E-state index contributed by atoms with van der Waals surface area (Å²) in [6.45, 7) is 1.08. The molecule has 0 atom stereocenters. The van der Waals surface area contributed by atoms with E-state index in [1.165, 1.54) is 31.0 Å². The van der Waals surface area contributed by atoms with E-state index in [-0.39, 0.29) is 11.6 Å². The number of hydrogen-bond donors (Lipinski definition) is 1. The highest BCUT2D eigenvalue weighted by Crippen LogP contribution is 2.38. The molecular weight excluding hydrogens is 457 g/mol. The Balaban J connectivity index is 1.51. The minimum absolute atomic E-state index is 0.0739. The van der Waals surface area contributed by atoms with E-state index in [0.717, 1.165) is 18.9 Å². The van der Waals surface area contributed by atoms with Crippen molar-refractivity contribution in [3.05, 3.63) is 53.7 Å². The van der Waals surface area contributed by atoms with Crippen LogP contribution >= 0.6 is 11.6 Å². The fourth-order valence-electron chi connectivity index (χ4n) is 3.68. The number of nitrogens with one attached hydrogen (secondary N) is 1. The lowest BCUT2D eigenvalue weighted by Crippen LogP contribution is -2.23. The van der Waals surface area contributed by atoms with Gasteiger partial charge in [0.15, 0.2) is 5.65 Å². The summed E-state index contributed by atoms with van der Waals surface area (Å²) in [5.74, 6) is 0.192. The number of nitrogens with zero attached hydrogens (tertiary/aromatic N) is 7. The van der Waals surface area contributed by atoms with E-state index in [1.54, 1.807) is 11.0 Å². The summed E-state index contributed by atoms with van der Waals surface area (Å²) < 4.78 is 40.6. The van der Waals surface area contributed by atoms with Gasteiger partial charge in [-0.25, -0.2) is 29.9 Å². The zero-order valence-electron chi connectivity index (χ0n) is 17.0. The van der Waals surface area contributed by atoms with Gasteiger partial charge in [0.1, 0.15) is 34.9 Å². The van der Waals surface area contributed by atoms with E-state index in [9.17, 15) is 13.2 Å². The SMILES string of the molecule is FC(F)(F)c1ccc(Nc2ccnc3nc(-c4ncncc4Cl)cnc23)nc1N1CCCC1. The Labute approximate surface area is 190 Å². The molecule has 0 spiro atoms. The first-order valence-corrected chi connectivity index (χ1v) is 10.5. The maximum absolute atomic E-state index is 13.5. The molecule has 4 aromatic rings. The second-order valence-electron chi connectivity index (χ2n) is 7.39. The summed E-state index contributed by atoms with van der Waals surface area (Å²) in [5, 5.41) is 3.38. The molecule has 4 aromatic heterocycles. The second-order valence-corrected chi connectivity index (χ2v) is 7.80. The average Bonchev–Trinajstić information content (AvgIpc) is 3.33. The van der Waals surface area contributed by atoms with Crippen LogP contribution in [0.3, 0.4) is 0 Å². The van der Waals surface area contributed by atoms with E-state index in [0.29, 0.717) is 46.4 Å². The second kappa shape index (κ2) is 8.39. The third-order valence-electron chi connectivity index (χ3n) is 5.21. The van der Waals surface area contributed by atoms with Gasteiger partial charge in [0.25, 0.3) is 0 Å². The fourth-order valence-corrected chi connectivity index (χ4v) is 3.89. The molecule has 168 valence electrons. The molecular formula is C21H16ClF3N8. The Kier molecular flexibility index (Phi) is 5.41. The van der Waals surface area contributed by atoms with Gasteiger partial charge in [-0.2, -0.15) is 13.2 Å². The minimum atomic E-state index is -4.49. The first-order chi connectivity index (χ1) is 15.9. The van der Waals surface area contributed by atoms with Crippen LogP contribution in [0.25, 0.3) is 22.6 Å². The van der Waals surface area contributed by atoms with Crippen LogP contribution in [0.2, 0.25) is 5.02 Å². The van der Waals surface area contributed by atoms with Gasteiger partial charge in [-0.3, -0.25) is 0 Å². The van der Waals surface area contributed by atoms with Crippen LogP contribution in [0.15, 0.2) is 43.1 Å². The van der Waals surface area contributed by atoms with Gasteiger partial charge >= 0.3 is 6.18 Å². The summed E-state index contributed by atoms with van der Waals surface area (Å²) in [6, 6.07) is 4.01. The topological polar surface area (TPSA) is 92.6 Å². The first-order valence-electron chi connectivity index (χ1n) is 10.1. The summed E-state index contributed by atoms with van der Waals surface area (Å²) in [5.41, 5.74) is 1.34. The first kappa shape index (κ1) is 21.3. The van der Waals surface area contributed by atoms with Crippen molar-refractivity contribution in [3.63, 3.8) is 0 Å². The molecule has 8 nitrogen and oxygen atoms in total. The van der Waals surface area contributed by atoms with Crippen molar-refractivity contribution in [2.45, 2.75) is 19.0 Å². The number of halogens is 4. The Morgan fingerprint density at radius 3 is 2.55 bits per heavy atom. The number of anilines is 3. The molecule has 0 bridgehead atoms. The molecule has 1 saturated heterocycles. The van der Waals surface area contributed by atoms with Gasteiger partial charge in [0.2, 0.25) is 0 Å². The van der Waals surface area contributed by atoms with Crippen LogP contribution in [0.5, 0.6) is 0 Å². The van der Waals surface area contributed by atoms with Crippen molar-refractivity contribution in [1.82, 2.24) is 29.9 Å².